The largest absolute Gasteiger partial charge is 0.311 e. The second kappa shape index (κ2) is 13.6. The molecule has 2 heteroatoms. The monoisotopic (exact) mass is 642 g/mol. The van der Waals surface area contributed by atoms with Crippen LogP contribution in [0.2, 0.25) is 0 Å². The average molecular weight is 643 g/mol. The molecule has 0 spiro atoms. The summed E-state index contributed by atoms with van der Waals surface area (Å²) < 4.78 is 0. The Bertz CT molecular complexity index is 2360. The molecular formula is C48H38N2. The molecule has 0 saturated heterocycles. The van der Waals surface area contributed by atoms with Crippen molar-refractivity contribution >= 4 is 67.8 Å². The van der Waals surface area contributed by atoms with E-state index in [4.69, 9.17) is 0 Å². The van der Waals surface area contributed by atoms with Crippen LogP contribution in [0.25, 0.3) is 33.7 Å². The van der Waals surface area contributed by atoms with E-state index >= 15 is 0 Å². The zero-order chi connectivity index (χ0) is 33.9. The summed E-state index contributed by atoms with van der Waals surface area (Å²) in [6, 6.07) is 65.4. The van der Waals surface area contributed by atoms with Gasteiger partial charge >= 0.3 is 0 Å². The Morgan fingerprint density at radius 1 is 0.340 bits per heavy atom. The minimum Gasteiger partial charge on any atom is -0.311 e. The molecule has 0 bridgehead atoms. The first kappa shape index (κ1) is 30.9. The zero-order valence-corrected chi connectivity index (χ0v) is 28.4. The fourth-order valence-electron chi connectivity index (χ4n) is 6.72. The summed E-state index contributed by atoms with van der Waals surface area (Å²) in [6.45, 7) is 4.25. The van der Waals surface area contributed by atoms with Gasteiger partial charge in [0.1, 0.15) is 0 Å². The van der Waals surface area contributed by atoms with Crippen molar-refractivity contribution in [2.75, 3.05) is 9.80 Å². The molecule has 0 aliphatic rings. The molecule has 0 aliphatic heterocycles. The molecule has 0 N–H and O–H groups in total. The van der Waals surface area contributed by atoms with Crippen molar-refractivity contribution in [1.82, 2.24) is 0 Å². The molecule has 8 aromatic carbocycles. The van der Waals surface area contributed by atoms with E-state index in [9.17, 15) is 0 Å². The van der Waals surface area contributed by atoms with Crippen LogP contribution in [0, 0.1) is 13.8 Å². The van der Waals surface area contributed by atoms with Crippen molar-refractivity contribution in [3.8, 4) is 0 Å². The Morgan fingerprint density at radius 3 is 1.28 bits per heavy atom. The molecule has 0 fully saturated rings. The summed E-state index contributed by atoms with van der Waals surface area (Å²) in [5.41, 5.74) is 11.6. The lowest BCUT2D eigenvalue weighted by atomic mass is 9.99. The van der Waals surface area contributed by atoms with E-state index in [2.05, 4.69) is 218 Å². The zero-order valence-electron chi connectivity index (χ0n) is 28.4. The van der Waals surface area contributed by atoms with Gasteiger partial charge in [-0.15, -0.1) is 0 Å². The van der Waals surface area contributed by atoms with Crippen LogP contribution in [0.1, 0.15) is 22.3 Å². The topological polar surface area (TPSA) is 6.48 Å². The van der Waals surface area contributed by atoms with E-state index in [1.165, 1.54) is 38.4 Å². The van der Waals surface area contributed by atoms with E-state index in [1.807, 2.05) is 0 Å². The smallest absolute Gasteiger partial charge is 0.0546 e. The van der Waals surface area contributed by atoms with Gasteiger partial charge in [-0.25, -0.2) is 0 Å². The van der Waals surface area contributed by atoms with Crippen LogP contribution < -0.4 is 9.80 Å². The van der Waals surface area contributed by atoms with Gasteiger partial charge in [-0.05, 0) is 108 Å². The van der Waals surface area contributed by atoms with E-state index < -0.39 is 0 Å². The Kier molecular flexibility index (Phi) is 8.42. The number of benzene rings is 8. The molecule has 0 unspecified atom stereocenters. The maximum atomic E-state index is 2.37. The van der Waals surface area contributed by atoms with Crippen molar-refractivity contribution in [3.63, 3.8) is 0 Å². The highest BCUT2D eigenvalue weighted by molar-refractivity contribution is 6.14. The quantitative estimate of drug-likeness (QED) is 0.120. The maximum absolute atomic E-state index is 2.37. The average Bonchev–Trinajstić information content (AvgIpc) is 3.17. The molecule has 50 heavy (non-hydrogen) atoms. The van der Waals surface area contributed by atoms with Crippen molar-refractivity contribution in [2.24, 2.45) is 0 Å². The highest BCUT2D eigenvalue weighted by Gasteiger charge is 2.17. The van der Waals surface area contributed by atoms with E-state index in [0.29, 0.717) is 0 Å². The van der Waals surface area contributed by atoms with Crippen LogP contribution in [0.4, 0.5) is 34.1 Å². The summed E-state index contributed by atoms with van der Waals surface area (Å²) in [7, 11) is 0. The lowest BCUT2D eigenvalue weighted by Crippen LogP contribution is -2.10. The third-order valence-electron chi connectivity index (χ3n) is 9.36. The Hall–Kier alpha value is -6.38. The molecule has 0 amide bonds. The van der Waals surface area contributed by atoms with Crippen molar-refractivity contribution in [3.05, 3.63) is 204 Å². The normalized spacial score (nSPS) is 11.3. The predicted molar refractivity (Wildman–Crippen MR) is 216 cm³/mol. The molecule has 0 radical (unpaired) electrons. The second-order valence-electron chi connectivity index (χ2n) is 12.9. The van der Waals surface area contributed by atoms with Crippen molar-refractivity contribution in [1.29, 1.82) is 0 Å². The number of hydrogen-bond acceptors (Lipinski definition) is 2. The molecule has 8 aromatic rings. The number of hydrogen-bond donors (Lipinski definition) is 0. The fraction of sp³-hybridized carbons (Fsp3) is 0.0417. The Morgan fingerprint density at radius 2 is 0.740 bits per heavy atom. The van der Waals surface area contributed by atoms with Gasteiger partial charge in [-0.3, -0.25) is 0 Å². The minimum atomic E-state index is 1.12. The molecule has 0 saturated carbocycles. The maximum Gasteiger partial charge on any atom is 0.0546 e. The van der Waals surface area contributed by atoms with E-state index in [-0.39, 0.29) is 0 Å². The third kappa shape index (κ3) is 6.27. The number of nitrogens with zero attached hydrogens (tertiary/aromatic N) is 2. The van der Waals surface area contributed by atoms with Gasteiger partial charge in [-0.1, -0.05) is 139 Å². The number of rotatable bonds is 8. The Balaban J connectivity index is 1.09. The van der Waals surface area contributed by atoms with Gasteiger partial charge < -0.3 is 9.80 Å². The van der Waals surface area contributed by atoms with Gasteiger partial charge in [0, 0.05) is 33.8 Å². The SMILES string of the molecule is Cc1ccc(N(c2ccc(C)cc2)c2ccc(C=Cc3ccc(N(c4ccccc4)c4cc5ccccc5c5ccccc45)cc3)cc2)cc1. The van der Waals surface area contributed by atoms with Crippen molar-refractivity contribution in [2.45, 2.75) is 13.8 Å². The fourth-order valence-corrected chi connectivity index (χ4v) is 6.72. The summed E-state index contributed by atoms with van der Waals surface area (Å²) in [5.74, 6) is 0. The molecule has 240 valence electrons. The lowest BCUT2D eigenvalue weighted by Gasteiger charge is -2.27. The van der Waals surface area contributed by atoms with Gasteiger partial charge in [0.25, 0.3) is 0 Å². The van der Waals surface area contributed by atoms with Crippen LogP contribution in [-0.4, -0.2) is 0 Å². The first-order valence-corrected chi connectivity index (χ1v) is 17.2. The van der Waals surface area contributed by atoms with E-state index in [1.54, 1.807) is 0 Å². The molecule has 0 heterocycles. The van der Waals surface area contributed by atoms with E-state index in [0.717, 1.165) is 39.6 Å². The summed E-state index contributed by atoms with van der Waals surface area (Å²) >= 11 is 0. The van der Waals surface area contributed by atoms with Crippen LogP contribution in [-0.2, 0) is 0 Å². The molecule has 2 nitrogen and oxygen atoms in total. The predicted octanol–water partition coefficient (Wildman–Crippen LogP) is 13.7. The highest BCUT2D eigenvalue weighted by Crippen LogP contribution is 2.42. The second-order valence-corrected chi connectivity index (χ2v) is 12.9. The number of aryl methyl sites for hydroxylation is 2. The number of anilines is 6. The van der Waals surface area contributed by atoms with Gasteiger partial charge in [-0.2, -0.15) is 0 Å². The molecule has 0 atom stereocenters. The third-order valence-corrected chi connectivity index (χ3v) is 9.36. The van der Waals surface area contributed by atoms with Gasteiger partial charge in [0.15, 0.2) is 0 Å². The van der Waals surface area contributed by atoms with Gasteiger partial charge in [0.2, 0.25) is 0 Å². The first-order chi connectivity index (χ1) is 24.6. The summed E-state index contributed by atoms with van der Waals surface area (Å²) in [4.78, 5) is 4.68. The van der Waals surface area contributed by atoms with Crippen LogP contribution in [0.3, 0.4) is 0 Å². The number of fused-ring (bicyclic) bond motifs is 3. The van der Waals surface area contributed by atoms with Crippen LogP contribution >= 0.6 is 0 Å². The minimum absolute atomic E-state index is 1.12. The van der Waals surface area contributed by atoms with Crippen LogP contribution in [0.5, 0.6) is 0 Å². The molecule has 8 rings (SSSR count). The molecule has 0 aromatic heterocycles. The van der Waals surface area contributed by atoms with Crippen molar-refractivity contribution < 1.29 is 0 Å². The van der Waals surface area contributed by atoms with Gasteiger partial charge in [0.05, 0.1) is 5.69 Å². The Labute approximate surface area is 294 Å². The molecular weight excluding hydrogens is 605 g/mol. The molecule has 0 aliphatic carbocycles. The summed E-state index contributed by atoms with van der Waals surface area (Å²) in [5, 5.41) is 4.98. The standard InChI is InChI=1S/C48H38N2/c1-35-16-26-41(27-17-35)49(42-28-18-36(2)19-29-42)43-30-22-37(23-31-43)20-21-38-24-32-44(33-25-38)50(40-11-4-3-5-12-40)48-34-39-10-6-7-13-45(39)46-14-8-9-15-47(46)48/h3-34H,1-2H3. The lowest BCUT2D eigenvalue weighted by molar-refractivity contribution is 1.27. The van der Waals surface area contributed by atoms with Crippen LogP contribution in [0.15, 0.2) is 182 Å². The first-order valence-electron chi connectivity index (χ1n) is 17.2. The highest BCUT2D eigenvalue weighted by atomic mass is 15.1. The summed E-state index contributed by atoms with van der Waals surface area (Å²) in [6.07, 6.45) is 4.38. The number of para-hydroxylation sites is 1.